The molecular formula is C19H16O6. The molecule has 6 nitrogen and oxygen atoms in total. The van der Waals surface area contributed by atoms with Crippen molar-refractivity contribution in [2.75, 3.05) is 21.3 Å². The molecule has 3 rings (SSSR count). The van der Waals surface area contributed by atoms with Crippen LogP contribution < -0.4 is 19.6 Å². The molecule has 0 aliphatic rings. The molecule has 0 aliphatic heterocycles. The lowest BCUT2D eigenvalue weighted by Crippen LogP contribution is -2.06. The maximum absolute atomic E-state index is 12.6. The molecule has 0 amide bonds. The highest BCUT2D eigenvalue weighted by Gasteiger charge is 2.19. The second kappa shape index (κ2) is 6.68. The van der Waals surface area contributed by atoms with Crippen molar-refractivity contribution >= 4 is 17.3 Å². The number of rotatable bonds is 5. The van der Waals surface area contributed by atoms with Crippen LogP contribution in [0.1, 0.15) is 10.4 Å². The smallest absolute Gasteiger partial charge is 0.204 e. The number of methoxy groups -OCH3 is 3. The lowest BCUT2D eigenvalue weighted by molar-refractivity contribution is 0.112. The third-order valence-corrected chi connectivity index (χ3v) is 3.88. The third-order valence-electron chi connectivity index (χ3n) is 3.88. The summed E-state index contributed by atoms with van der Waals surface area (Å²) in [6, 6.07) is 9.88. The van der Waals surface area contributed by atoms with E-state index in [9.17, 15) is 9.59 Å². The second-order valence-corrected chi connectivity index (χ2v) is 5.23. The molecule has 3 aromatic rings. The number of fused-ring (bicyclic) bond motifs is 1. The fourth-order valence-corrected chi connectivity index (χ4v) is 2.65. The van der Waals surface area contributed by atoms with E-state index < -0.39 is 0 Å². The Hall–Kier alpha value is -3.28. The van der Waals surface area contributed by atoms with Crippen LogP contribution in [0, 0.1) is 0 Å². The lowest BCUT2D eigenvalue weighted by Gasteiger charge is -2.12. The molecule has 0 radical (unpaired) electrons. The monoisotopic (exact) mass is 340 g/mol. The van der Waals surface area contributed by atoms with Crippen LogP contribution >= 0.6 is 0 Å². The van der Waals surface area contributed by atoms with Crippen molar-refractivity contribution in [1.29, 1.82) is 0 Å². The highest BCUT2D eigenvalue weighted by atomic mass is 16.5. The van der Waals surface area contributed by atoms with Gasteiger partial charge in [-0.15, -0.1) is 0 Å². The molecule has 6 heteroatoms. The van der Waals surface area contributed by atoms with E-state index in [-0.39, 0.29) is 27.7 Å². The van der Waals surface area contributed by atoms with Crippen LogP contribution in [0.5, 0.6) is 17.2 Å². The van der Waals surface area contributed by atoms with Crippen LogP contribution in [0.25, 0.3) is 22.3 Å². The van der Waals surface area contributed by atoms with Gasteiger partial charge in [-0.2, -0.15) is 0 Å². The Morgan fingerprint density at radius 2 is 1.68 bits per heavy atom. The average Bonchev–Trinajstić information content (AvgIpc) is 2.66. The summed E-state index contributed by atoms with van der Waals surface area (Å²) in [5.41, 5.74) is 0.706. The zero-order valence-corrected chi connectivity index (χ0v) is 14.0. The van der Waals surface area contributed by atoms with Gasteiger partial charge in [-0.1, -0.05) is 0 Å². The van der Waals surface area contributed by atoms with Crippen LogP contribution in [-0.4, -0.2) is 27.6 Å². The van der Waals surface area contributed by atoms with Crippen molar-refractivity contribution in [1.82, 2.24) is 0 Å². The molecule has 1 aromatic heterocycles. The summed E-state index contributed by atoms with van der Waals surface area (Å²) in [5, 5.41) is 0.157. The molecule has 0 N–H and O–H groups in total. The molecule has 0 unspecified atom stereocenters. The van der Waals surface area contributed by atoms with Crippen molar-refractivity contribution in [3.8, 4) is 28.6 Å². The van der Waals surface area contributed by atoms with Gasteiger partial charge < -0.3 is 18.6 Å². The van der Waals surface area contributed by atoms with Gasteiger partial charge in [0.15, 0.2) is 23.0 Å². The summed E-state index contributed by atoms with van der Waals surface area (Å²) in [5.74, 6) is 1.61. The zero-order valence-electron chi connectivity index (χ0n) is 14.0. The van der Waals surface area contributed by atoms with Gasteiger partial charge in [0.1, 0.15) is 11.5 Å². The molecule has 0 saturated heterocycles. The van der Waals surface area contributed by atoms with Gasteiger partial charge in [0.05, 0.1) is 26.7 Å². The van der Waals surface area contributed by atoms with E-state index in [0.29, 0.717) is 29.1 Å². The van der Waals surface area contributed by atoms with Crippen LogP contribution in [0.4, 0.5) is 0 Å². The van der Waals surface area contributed by atoms with E-state index in [1.54, 1.807) is 31.4 Å². The van der Waals surface area contributed by atoms with Crippen LogP contribution in [-0.2, 0) is 0 Å². The predicted octanol–water partition coefficient (Wildman–Crippen LogP) is 3.30. The molecule has 0 atom stereocenters. The first kappa shape index (κ1) is 16.6. The normalized spacial score (nSPS) is 10.5. The Labute approximate surface area is 143 Å². The number of aldehydes is 1. The predicted molar refractivity (Wildman–Crippen MR) is 93.0 cm³/mol. The van der Waals surface area contributed by atoms with E-state index in [2.05, 4.69) is 0 Å². The van der Waals surface area contributed by atoms with E-state index in [1.165, 1.54) is 26.4 Å². The summed E-state index contributed by atoms with van der Waals surface area (Å²) in [6.45, 7) is 0. The molecule has 25 heavy (non-hydrogen) atoms. The van der Waals surface area contributed by atoms with E-state index in [4.69, 9.17) is 18.6 Å². The number of benzene rings is 2. The standard InChI is InChI=1S/C19H16O6/c1-22-13-6-4-11(5-7-13)15-9-14(21)17-12(10-20)8-16(23-2)18(24-3)19(17)25-15/h4-10H,1-3H3. The fourth-order valence-electron chi connectivity index (χ4n) is 2.65. The Morgan fingerprint density at radius 3 is 2.24 bits per heavy atom. The van der Waals surface area contributed by atoms with Crippen molar-refractivity contribution < 1.29 is 23.4 Å². The van der Waals surface area contributed by atoms with E-state index in [0.717, 1.165) is 0 Å². The summed E-state index contributed by atoms with van der Waals surface area (Å²) in [7, 11) is 4.46. The van der Waals surface area contributed by atoms with E-state index in [1.807, 2.05) is 0 Å². The van der Waals surface area contributed by atoms with Gasteiger partial charge in [-0.25, -0.2) is 0 Å². The minimum absolute atomic E-state index is 0.157. The number of carbonyl (C=O) groups is 1. The Balaban J connectivity index is 2.33. The molecule has 0 aliphatic carbocycles. The number of hydrogen-bond donors (Lipinski definition) is 0. The topological polar surface area (TPSA) is 75.0 Å². The SMILES string of the molecule is COc1ccc(-c2cc(=O)c3c(C=O)cc(OC)c(OC)c3o2)cc1. The van der Waals surface area contributed by atoms with Crippen LogP contribution in [0.2, 0.25) is 0 Å². The van der Waals surface area contributed by atoms with Gasteiger partial charge in [-0.05, 0) is 30.3 Å². The molecule has 0 fully saturated rings. The zero-order chi connectivity index (χ0) is 18.0. The quantitative estimate of drug-likeness (QED) is 0.664. The summed E-state index contributed by atoms with van der Waals surface area (Å²) in [4.78, 5) is 24.0. The Bertz CT molecular complexity index is 985. The largest absolute Gasteiger partial charge is 0.497 e. The first-order valence-corrected chi connectivity index (χ1v) is 7.45. The number of carbonyl (C=O) groups excluding carboxylic acids is 1. The van der Waals surface area contributed by atoms with Crippen molar-refractivity contribution in [3.05, 3.63) is 52.2 Å². The second-order valence-electron chi connectivity index (χ2n) is 5.23. The van der Waals surface area contributed by atoms with Crippen LogP contribution in [0.15, 0.2) is 45.6 Å². The van der Waals surface area contributed by atoms with Gasteiger partial charge >= 0.3 is 0 Å². The van der Waals surface area contributed by atoms with E-state index >= 15 is 0 Å². The average molecular weight is 340 g/mol. The van der Waals surface area contributed by atoms with Gasteiger partial charge in [0.25, 0.3) is 0 Å². The summed E-state index contributed by atoms with van der Waals surface area (Å²) in [6.07, 6.45) is 0.592. The Morgan fingerprint density at radius 1 is 0.960 bits per heavy atom. The third kappa shape index (κ3) is 2.82. The Kier molecular flexibility index (Phi) is 4.43. The molecule has 2 aromatic carbocycles. The fraction of sp³-hybridized carbons (Fsp3) is 0.158. The van der Waals surface area contributed by atoms with Gasteiger partial charge in [0, 0.05) is 17.2 Å². The number of ether oxygens (including phenoxy) is 3. The maximum Gasteiger partial charge on any atom is 0.204 e. The summed E-state index contributed by atoms with van der Waals surface area (Å²) >= 11 is 0. The lowest BCUT2D eigenvalue weighted by atomic mass is 10.1. The van der Waals surface area contributed by atoms with Crippen molar-refractivity contribution in [2.45, 2.75) is 0 Å². The molecule has 0 spiro atoms. The van der Waals surface area contributed by atoms with Gasteiger partial charge in [-0.3, -0.25) is 9.59 Å². The first-order valence-electron chi connectivity index (χ1n) is 7.45. The molecule has 128 valence electrons. The highest BCUT2D eigenvalue weighted by Crippen LogP contribution is 2.38. The molecule has 1 heterocycles. The maximum atomic E-state index is 12.6. The molecule has 0 saturated carbocycles. The summed E-state index contributed by atoms with van der Waals surface area (Å²) < 4.78 is 21.6. The minimum Gasteiger partial charge on any atom is -0.497 e. The van der Waals surface area contributed by atoms with Crippen LogP contribution in [0.3, 0.4) is 0 Å². The highest BCUT2D eigenvalue weighted by molar-refractivity contribution is 6.00. The molecular weight excluding hydrogens is 324 g/mol. The van der Waals surface area contributed by atoms with Crippen molar-refractivity contribution in [3.63, 3.8) is 0 Å². The number of hydrogen-bond acceptors (Lipinski definition) is 6. The first-order chi connectivity index (χ1) is 12.1. The molecule has 0 bridgehead atoms. The van der Waals surface area contributed by atoms with Crippen molar-refractivity contribution in [2.24, 2.45) is 0 Å². The van der Waals surface area contributed by atoms with Gasteiger partial charge in [0.2, 0.25) is 5.75 Å². The minimum atomic E-state index is -0.338.